The molecule has 2 saturated heterocycles. The Balaban J connectivity index is 1.54. The lowest BCUT2D eigenvalue weighted by molar-refractivity contribution is -0.136. The molecule has 0 radical (unpaired) electrons. The Morgan fingerprint density at radius 3 is 2.44 bits per heavy atom. The summed E-state index contributed by atoms with van der Waals surface area (Å²) >= 11 is 0. The minimum absolute atomic E-state index is 0.0143. The second kappa shape index (κ2) is 9.17. The average Bonchev–Trinajstić information content (AvgIpc) is 2.68. The molecule has 27 heavy (non-hydrogen) atoms. The van der Waals surface area contributed by atoms with E-state index in [1.807, 2.05) is 0 Å². The normalized spacial score (nSPS) is 19.1. The quantitative estimate of drug-likeness (QED) is 0.708. The van der Waals surface area contributed by atoms with E-state index in [-0.39, 0.29) is 18.5 Å². The zero-order valence-corrected chi connectivity index (χ0v) is 15.5. The van der Waals surface area contributed by atoms with Crippen LogP contribution in [-0.4, -0.2) is 49.7 Å². The molecule has 1 amide bonds. The smallest absolute Gasteiger partial charge is 0.305 e. The molecule has 148 valence electrons. The Hall–Kier alpha value is -2.15. The van der Waals surface area contributed by atoms with E-state index in [2.05, 4.69) is 15.5 Å². The van der Waals surface area contributed by atoms with Crippen LogP contribution in [0.1, 0.15) is 42.5 Å². The maximum Gasteiger partial charge on any atom is 0.305 e. The van der Waals surface area contributed by atoms with E-state index in [0.717, 1.165) is 56.5 Å². The summed E-state index contributed by atoms with van der Waals surface area (Å²) in [6.45, 7) is 4.05. The van der Waals surface area contributed by atoms with Gasteiger partial charge in [-0.15, -0.1) is 0 Å². The third kappa shape index (κ3) is 5.19. The summed E-state index contributed by atoms with van der Waals surface area (Å²) in [6.07, 6.45) is 4.58. The van der Waals surface area contributed by atoms with Crippen LogP contribution in [0.4, 0.5) is 10.1 Å². The lowest BCUT2D eigenvalue weighted by atomic mass is 9.79. The zero-order valence-electron chi connectivity index (χ0n) is 15.5. The number of anilines is 1. The molecule has 7 heteroatoms. The third-order valence-corrected chi connectivity index (χ3v) is 5.78. The Bertz CT molecular complexity index is 668. The summed E-state index contributed by atoms with van der Waals surface area (Å²) < 4.78 is 14.4. The number of halogens is 1. The fraction of sp³-hybridized carbons (Fsp3) is 0.600. The number of aliphatic carboxylic acids is 1. The number of rotatable bonds is 6. The molecule has 2 heterocycles. The molecule has 2 aliphatic rings. The molecule has 1 aromatic rings. The predicted octanol–water partition coefficient (Wildman–Crippen LogP) is 2.25. The van der Waals surface area contributed by atoms with Gasteiger partial charge in [-0.1, -0.05) is 0 Å². The van der Waals surface area contributed by atoms with Gasteiger partial charge in [0.1, 0.15) is 5.82 Å². The zero-order chi connectivity index (χ0) is 19.2. The number of nitrogens with one attached hydrogen (secondary N) is 2. The minimum atomic E-state index is -1.00. The van der Waals surface area contributed by atoms with Gasteiger partial charge in [-0.25, -0.2) is 4.39 Å². The molecule has 2 aliphatic heterocycles. The highest BCUT2D eigenvalue weighted by molar-refractivity contribution is 5.95. The number of nitrogens with zero attached hydrogens (tertiary/aromatic N) is 1. The summed E-state index contributed by atoms with van der Waals surface area (Å²) in [7, 11) is 0. The van der Waals surface area contributed by atoms with E-state index < -0.39 is 17.7 Å². The van der Waals surface area contributed by atoms with Crippen LogP contribution in [0.3, 0.4) is 0 Å². The van der Waals surface area contributed by atoms with Crippen LogP contribution in [0.5, 0.6) is 0 Å². The number of carboxylic acids is 1. The van der Waals surface area contributed by atoms with E-state index in [1.165, 1.54) is 25.0 Å². The van der Waals surface area contributed by atoms with Crippen molar-refractivity contribution in [2.75, 3.05) is 37.6 Å². The van der Waals surface area contributed by atoms with Gasteiger partial charge in [-0.2, -0.15) is 0 Å². The first-order chi connectivity index (χ1) is 13.0. The van der Waals surface area contributed by atoms with Crippen LogP contribution in [-0.2, 0) is 4.79 Å². The highest BCUT2D eigenvalue weighted by atomic mass is 19.1. The largest absolute Gasteiger partial charge is 0.481 e. The minimum Gasteiger partial charge on any atom is -0.481 e. The maximum atomic E-state index is 14.4. The van der Waals surface area contributed by atoms with Gasteiger partial charge in [0.05, 0.1) is 12.0 Å². The van der Waals surface area contributed by atoms with E-state index in [1.54, 1.807) is 6.07 Å². The molecule has 6 nitrogen and oxygen atoms in total. The lowest BCUT2D eigenvalue weighted by Crippen LogP contribution is -2.39. The molecule has 3 rings (SSSR count). The van der Waals surface area contributed by atoms with Crippen molar-refractivity contribution < 1.29 is 19.1 Å². The molecule has 0 atom stereocenters. The van der Waals surface area contributed by atoms with Crippen LogP contribution in [0.2, 0.25) is 0 Å². The van der Waals surface area contributed by atoms with Gasteiger partial charge in [-0.05, 0) is 68.8 Å². The van der Waals surface area contributed by atoms with Crippen molar-refractivity contribution in [2.45, 2.75) is 32.1 Å². The number of piperidine rings is 2. The SMILES string of the molecule is O=C(O)CCNC(=O)c1ccc(N2CCC(C3CCNCC3)CC2)cc1F. The van der Waals surface area contributed by atoms with Gasteiger partial charge in [-0.3, -0.25) is 9.59 Å². The van der Waals surface area contributed by atoms with Gasteiger partial charge in [0.15, 0.2) is 0 Å². The molecule has 0 saturated carbocycles. The predicted molar refractivity (Wildman–Crippen MR) is 102 cm³/mol. The molecular weight excluding hydrogens is 349 g/mol. The first kappa shape index (κ1) is 19.6. The number of amides is 1. The number of carbonyl (C=O) groups is 2. The molecule has 0 unspecified atom stereocenters. The van der Waals surface area contributed by atoms with Crippen molar-refractivity contribution in [1.29, 1.82) is 0 Å². The molecule has 0 spiro atoms. The van der Waals surface area contributed by atoms with Crippen molar-refractivity contribution in [2.24, 2.45) is 11.8 Å². The highest BCUT2D eigenvalue weighted by Gasteiger charge is 2.28. The lowest BCUT2D eigenvalue weighted by Gasteiger charge is -2.38. The van der Waals surface area contributed by atoms with Gasteiger partial charge < -0.3 is 20.6 Å². The number of carboxylic acid groups (broad SMARTS) is 1. The second-order valence-corrected chi connectivity index (χ2v) is 7.48. The second-order valence-electron chi connectivity index (χ2n) is 7.48. The Morgan fingerprint density at radius 2 is 1.81 bits per heavy atom. The standard InChI is InChI=1S/C20H28FN3O3/c21-18-13-16(1-2-17(18)20(27)23-10-5-19(25)26)24-11-6-15(7-12-24)14-3-8-22-9-4-14/h1-2,13-15,22H,3-12H2,(H,23,27)(H,25,26). The molecule has 0 bridgehead atoms. The fourth-order valence-corrected chi connectivity index (χ4v) is 4.21. The van der Waals surface area contributed by atoms with Crippen molar-refractivity contribution in [3.8, 4) is 0 Å². The van der Waals surface area contributed by atoms with Gasteiger partial charge in [0.2, 0.25) is 0 Å². The van der Waals surface area contributed by atoms with Crippen molar-refractivity contribution >= 4 is 17.6 Å². The van der Waals surface area contributed by atoms with Gasteiger partial charge in [0.25, 0.3) is 5.91 Å². The van der Waals surface area contributed by atoms with Crippen molar-refractivity contribution in [1.82, 2.24) is 10.6 Å². The molecule has 0 aromatic heterocycles. The summed E-state index contributed by atoms with van der Waals surface area (Å²) in [6, 6.07) is 4.68. The van der Waals surface area contributed by atoms with E-state index in [9.17, 15) is 14.0 Å². The van der Waals surface area contributed by atoms with Gasteiger partial charge >= 0.3 is 5.97 Å². The van der Waals surface area contributed by atoms with Crippen molar-refractivity contribution in [3.63, 3.8) is 0 Å². The number of benzene rings is 1. The Labute approximate surface area is 159 Å². The maximum absolute atomic E-state index is 14.4. The van der Waals surface area contributed by atoms with E-state index in [0.29, 0.717) is 0 Å². The van der Waals surface area contributed by atoms with Gasteiger partial charge in [0, 0.05) is 25.3 Å². The van der Waals surface area contributed by atoms with Crippen LogP contribution < -0.4 is 15.5 Å². The van der Waals surface area contributed by atoms with Crippen LogP contribution in [0.15, 0.2) is 18.2 Å². The van der Waals surface area contributed by atoms with Crippen molar-refractivity contribution in [3.05, 3.63) is 29.6 Å². The van der Waals surface area contributed by atoms with E-state index in [4.69, 9.17) is 5.11 Å². The van der Waals surface area contributed by atoms with Crippen LogP contribution >= 0.6 is 0 Å². The van der Waals surface area contributed by atoms with E-state index >= 15 is 0 Å². The molecule has 1 aromatic carbocycles. The summed E-state index contributed by atoms with van der Waals surface area (Å²) in [5.41, 5.74) is 0.757. The average molecular weight is 377 g/mol. The summed E-state index contributed by atoms with van der Waals surface area (Å²) in [5, 5.41) is 14.4. The Kier molecular flexibility index (Phi) is 6.66. The first-order valence-electron chi connectivity index (χ1n) is 9.80. The molecule has 2 fully saturated rings. The summed E-state index contributed by atoms with van der Waals surface area (Å²) in [5.74, 6) is -0.584. The van der Waals surface area contributed by atoms with Crippen LogP contribution in [0.25, 0.3) is 0 Å². The molecule has 0 aliphatic carbocycles. The third-order valence-electron chi connectivity index (χ3n) is 5.78. The number of hydrogen-bond donors (Lipinski definition) is 3. The highest BCUT2D eigenvalue weighted by Crippen LogP contribution is 2.32. The van der Waals surface area contributed by atoms with Crippen LogP contribution in [0, 0.1) is 17.7 Å². The topological polar surface area (TPSA) is 81.7 Å². The molecular formula is C20H28FN3O3. The number of hydrogen-bond acceptors (Lipinski definition) is 4. The molecule has 3 N–H and O–H groups in total. The Morgan fingerprint density at radius 1 is 1.15 bits per heavy atom. The first-order valence-corrected chi connectivity index (χ1v) is 9.80. The summed E-state index contributed by atoms with van der Waals surface area (Å²) in [4.78, 5) is 24.7. The number of carbonyl (C=O) groups excluding carboxylic acids is 1. The monoisotopic (exact) mass is 377 g/mol. The fourth-order valence-electron chi connectivity index (χ4n) is 4.21.